The summed E-state index contributed by atoms with van der Waals surface area (Å²) in [6.07, 6.45) is 0.788. The average molecular weight is 438 g/mol. The normalized spacial score (nSPS) is 11.4. The van der Waals surface area contributed by atoms with Crippen molar-refractivity contribution in [2.24, 2.45) is 7.05 Å². The second-order valence-corrected chi connectivity index (χ2v) is 8.02. The van der Waals surface area contributed by atoms with Crippen LogP contribution >= 0.6 is 11.3 Å². The fourth-order valence-electron chi connectivity index (χ4n) is 3.28. The number of amides is 1. The highest BCUT2D eigenvalue weighted by atomic mass is 32.1. The zero-order valence-electron chi connectivity index (χ0n) is 18.1. The van der Waals surface area contributed by atoms with Crippen LogP contribution in [0, 0.1) is 0 Å². The zero-order chi connectivity index (χ0) is 22.5. The molecule has 8 nitrogen and oxygen atoms in total. The highest BCUT2D eigenvalue weighted by Gasteiger charge is 2.37. The van der Waals surface area contributed by atoms with Gasteiger partial charge in [0.25, 0.3) is 0 Å². The fourth-order valence-corrected chi connectivity index (χ4v) is 3.98. The van der Waals surface area contributed by atoms with Crippen LogP contribution < -0.4 is 0 Å². The van der Waals surface area contributed by atoms with E-state index < -0.39 is 22.5 Å². The second-order valence-electron chi connectivity index (χ2n) is 7.24. The third-order valence-corrected chi connectivity index (χ3v) is 5.39. The van der Waals surface area contributed by atoms with E-state index in [-0.39, 0.29) is 30.9 Å². The lowest BCUT2D eigenvalue weighted by Crippen LogP contribution is -2.43. The molecular formula is C21H29N2O6S+. The molecule has 9 heteroatoms. The van der Waals surface area contributed by atoms with Gasteiger partial charge in [-0.1, -0.05) is 0 Å². The number of ether oxygens (including phenoxy) is 2. The van der Waals surface area contributed by atoms with Crippen LogP contribution in [0.15, 0.2) is 16.8 Å². The standard InChI is InChI=1S/C21H29N2O6S/c1-6-28-17(24)12-16-18(21(26)29-7-2)15(9-8-14-10-11-30-13-14)19(22(16)3)20(25)23(4,5)27/h10-11,13,27H,6-9,12H2,1-5H3/q+1. The van der Waals surface area contributed by atoms with Gasteiger partial charge < -0.3 is 14.0 Å². The molecule has 0 saturated heterocycles. The maximum absolute atomic E-state index is 13.1. The lowest BCUT2D eigenvalue weighted by atomic mass is 10.00. The summed E-state index contributed by atoms with van der Waals surface area (Å²) in [6, 6.07) is 1.98. The van der Waals surface area contributed by atoms with Gasteiger partial charge in [0.2, 0.25) is 0 Å². The van der Waals surface area contributed by atoms with Crippen molar-refractivity contribution in [3.8, 4) is 0 Å². The van der Waals surface area contributed by atoms with Crippen LogP contribution in [0.4, 0.5) is 0 Å². The van der Waals surface area contributed by atoms with Gasteiger partial charge >= 0.3 is 17.8 Å². The quantitative estimate of drug-likeness (QED) is 0.281. The Balaban J connectivity index is 2.66. The minimum atomic E-state index is -0.940. The van der Waals surface area contributed by atoms with Gasteiger partial charge in [-0.25, -0.2) is 14.8 Å². The number of thiophene rings is 1. The van der Waals surface area contributed by atoms with Crippen molar-refractivity contribution in [3.63, 3.8) is 0 Å². The molecule has 2 aromatic heterocycles. The molecule has 0 spiro atoms. The van der Waals surface area contributed by atoms with Gasteiger partial charge in [-0.05, 0) is 49.1 Å². The molecule has 0 aliphatic carbocycles. The topological polar surface area (TPSA) is 94.8 Å². The molecule has 0 aliphatic rings. The zero-order valence-corrected chi connectivity index (χ0v) is 18.9. The summed E-state index contributed by atoms with van der Waals surface area (Å²) in [5.41, 5.74) is 2.25. The lowest BCUT2D eigenvalue weighted by Gasteiger charge is -2.18. The molecule has 0 radical (unpaired) electrons. The number of aryl methyl sites for hydroxylation is 1. The summed E-state index contributed by atoms with van der Waals surface area (Å²) in [4.78, 5) is 38.1. The van der Waals surface area contributed by atoms with E-state index >= 15 is 0 Å². The number of hydroxylamine groups is 3. The monoisotopic (exact) mass is 437 g/mol. The van der Waals surface area contributed by atoms with E-state index in [0.29, 0.717) is 24.1 Å². The third-order valence-electron chi connectivity index (χ3n) is 4.66. The number of rotatable bonds is 9. The predicted octanol–water partition coefficient (Wildman–Crippen LogP) is 2.76. The maximum Gasteiger partial charge on any atom is 0.394 e. The first-order chi connectivity index (χ1) is 14.1. The molecule has 0 aromatic carbocycles. The first-order valence-electron chi connectivity index (χ1n) is 9.77. The number of nitrogens with zero attached hydrogens (tertiary/aromatic N) is 2. The van der Waals surface area contributed by atoms with Crippen molar-refractivity contribution in [3.05, 3.63) is 44.9 Å². The fraction of sp³-hybridized carbons (Fsp3) is 0.476. The minimum absolute atomic E-state index is 0.154. The van der Waals surface area contributed by atoms with E-state index in [1.807, 2.05) is 16.8 Å². The van der Waals surface area contributed by atoms with Crippen molar-refractivity contribution in [1.29, 1.82) is 0 Å². The Bertz CT molecular complexity index is 909. The van der Waals surface area contributed by atoms with E-state index in [1.54, 1.807) is 32.2 Å². The second kappa shape index (κ2) is 10.0. The number of quaternary nitrogens is 1. The van der Waals surface area contributed by atoms with Gasteiger partial charge in [-0.15, -0.1) is 4.65 Å². The Morgan fingerprint density at radius 3 is 2.33 bits per heavy atom. The van der Waals surface area contributed by atoms with E-state index in [0.717, 1.165) is 5.56 Å². The van der Waals surface area contributed by atoms with Crippen LogP contribution in [0.1, 0.15) is 51.5 Å². The van der Waals surface area contributed by atoms with Gasteiger partial charge in [0.1, 0.15) is 14.1 Å². The summed E-state index contributed by atoms with van der Waals surface area (Å²) in [6.45, 7) is 3.75. The van der Waals surface area contributed by atoms with Crippen LogP contribution in [-0.4, -0.2) is 59.6 Å². The Morgan fingerprint density at radius 1 is 1.13 bits per heavy atom. The van der Waals surface area contributed by atoms with Crippen LogP contribution in [0.3, 0.4) is 0 Å². The van der Waals surface area contributed by atoms with Crippen LogP contribution in [0.5, 0.6) is 0 Å². The number of hydrogen-bond donors (Lipinski definition) is 1. The van der Waals surface area contributed by atoms with Crippen molar-refractivity contribution < 1.29 is 33.7 Å². The van der Waals surface area contributed by atoms with E-state index in [4.69, 9.17) is 9.47 Å². The minimum Gasteiger partial charge on any atom is -0.466 e. The largest absolute Gasteiger partial charge is 0.466 e. The van der Waals surface area contributed by atoms with Crippen molar-refractivity contribution in [2.45, 2.75) is 33.1 Å². The summed E-state index contributed by atoms with van der Waals surface area (Å²) >= 11 is 1.56. The number of hydrogen-bond acceptors (Lipinski definition) is 7. The smallest absolute Gasteiger partial charge is 0.394 e. The molecule has 1 N–H and O–H groups in total. The Hall–Kier alpha value is -2.49. The molecule has 164 valence electrons. The summed E-state index contributed by atoms with van der Waals surface area (Å²) in [5.74, 6) is -1.70. The molecular weight excluding hydrogens is 408 g/mol. The molecule has 0 atom stereocenters. The Labute approximate surface area is 180 Å². The van der Waals surface area contributed by atoms with E-state index in [2.05, 4.69) is 0 Å². The van der Waals surface area contributed by atoms with Crippen LogP contribution in [0.25, 0.3) is 0 Å². The van der Waals surface area contributed by atoms with Gasteiger partial charge in [-0.2, -0.15) is 11.3 Å². The van der Waals surface area contributed by atoms with Gasteiger partial charge in [0.15, 0.2) is 5.69 Å². The highest BCUT2D eigenvalue weighted by molar-refractivity contribution is 7.07. The van der Waals surface area contributed by atoms with Crippen LogP contribution in [0.2, 0.25) is 0 Å². The summed E-state index contributed by atoms with van der Waals surface area (Å²) in [5, 5.41) is 14.3. The molecule has 2 rings (SSSR count). The molecule has 0 fully saturated rings. The molecule has 0 saturated carbocycles. The van der Waals surface area contributed by atoms with Crippen molar-refractivity contribution in [1.82, 2.24) is 4.57 Å². The molecule has 0 aliphatic heterocycles. The van der Waals surface area contributed by atoms with Gasteiger partial charge in [0, 0.05) is 18.3 Å². The molecule has 2 heterocycles. The lowest BCUT2D eigenvalue weighted by molar-refractivity contribution is -1.00. The SMILES string of the molecule is CCOC(=O)Cc1c(C(=O)OCC)c(CCc2ccsc2)c(C(=O)[N+](C)(C)O)n1C. The third kappa shape index (κ3) is 5.35. The number of carbonyl (C=O) groups excluding carboxylic acids is 3. The first kappa shape index (κ1) is 23.8. The predicted molar refractivity (Wildman–Crippen MR) is 112 cm³/mol. The number of esters is 2. The van der Waals surface area contributed by atoms with Gasteiger partial charge in [0.05, 0.1) is 25.2 Å². The van der Waals surface area contributed by atoms with E-state index in [9.17, 15) is 19.6 Å². The van der Waals surface area contributed by atoms with E-state index in [1.165, 1.54) is 18.7 Å². The van der Waals surface area contributed by atoms with Gasteiger partial charge in [-0.3, -0.25) is 4.79 Å². The summed E-state index contributed by atoms with van der Waals surface area (Å²) in [7, 11) is 4.29. The number of aromatic nitrogens is 1. The molecule has 1 amide bonds. The number of carbonyl (C=O) groups is 3. The van der Waals surface area contributed by atoms with Crippen LogP contribution in [-0.2, 0) is 40.6 Å². The van der Waals surface area contributed by atoms with Crippen molar-refractivity contribution in [2.75, 3.05) is 27.3 Å². The first-order valence-corrected chi connectivity index (χ1v) is 10.7. The Morgan fingerprint density at radius 2 is 1.80 bits per heavy atom. The maximum atomic E-state index is 13.1. The molecule has 30 heavy (non-hydrogen) atoms. The molecule has 0 unspecified atom stereocenters. The van der Waals surface area contributed by atoms with Crippen molar-refractivity contribution >= 4 is 29.2 Å². The summed E-state index contributed by atoms with van der Waals surface area (Å²) < 4.78 is 10.9. The molecule has 2 aromatic rings. The average Bonchev–Trinajstić information content (AvgIpc) is 3.26. The molecule has 0 bridgehead atoms. The Kier molecular flexibility index (Phi) is 7.94. The highest BCUT2D eigenvalue weighted by Crippen LogP contribution is 2.28.